The first kappa shape index (κ1) is 27.1. The van der Waals surface area contributed by atoms with Gasteiger partial charge >= 0.3 is 12.1 Å². The smallest absolute Gasteiger partial charge is 0.405 e. The number of carbonyl (C=O) groups excluding carboxylic acids is 3. The van der Waals surface area contributed by atoms with Crippen LogP contribution in [-0.4, -0.2) is 65.0 Å². The highest BCUT2D eigenvalue weighted by molar-refractivity contribution is 5.91. The number of esters is 1. The number of hydrogen-bond donors (Lipinski definition) is 3. The van der Waals surface area contributed by atoms with E-state index in [1.807, 2.05) is 37.3 Å². The van der Waals surface area contributed by atoms with Crippen LogP contribution in [0.2, 0.25) is 0 Å². The molecule has 1 heterocycles. The van der Waals surface area contributed by atoms with Crippen LogP contribution in [0.4, 0.5) is 4.79 Å². The first-order valence-corrected chi connectivity index (χ1v) is 11.5. The van der Waals surface area contributed by atoms with Crippen LogP contribution < -0.4 is 10.6 Å². The molecule has 3 N–H and O–H groups in total. The summed E-state index contributed by atoms with van der Waals surface area (Å²) < 4.78 is 10.9. The molecular weight excluding hydrogens is 442 g/mol. The summed E-state index contributed by atoms with van der Waals surface area (Å²) in [5.74, 6) is -2.04. The molecule has 10 nitrogen and oxygen atoms in total. The molecule has 1 aliphatic heterocycles. The Hall–Kier alpha value is -3.14. The predicted octanol–water partition coefficient (Wildman–Crippen LogP) is 2.13. The van der Waals surface area contributed by atoms with Crippen molar-refractivity contribution in [3.05, 3.63) is 35.9 Å². The van der Waals surface area contributed by atoms with E-state index in [0.717, 1.165) is 5.56 Å². The number of nitrogens with one attached hydrogen (secondary N) is 2. The van der Waals surface area contributed by atoms with E-state index in [2.05, 4.69) is 10.6 Å². The molecule has 1 aromatic carbocycles. The number of ether oxygens (including phenoxy) is 2. The summed E-state index contributed by atoms with van der Waals surface area (Å²) in [4.78, 5) is 50.9. The Morgan fingerprint density at radius 2 is 1.76 bits per heavy atom. The topological polar surface area (TPSA) is 134 Å². The largest absolute Gasteiger partial charge is 0.465 e. The van der Waals surface area contributed by atoms with Gasteiger partial charge in [-0.1, -0.05) is 64.4 Å². The van der Waals surface area contributed by atoms with Gasteiger partial charge in [0.1, 0.15) is 24.9 Å². The van der Waals surface area contributed by atoms with E-state index in [0.29, 0.717) is 12.8 Å². The van der Waals surface area contributed by atoms with E-state index in [4.69, 9.17) is 14.6 Å². The number of hydrogen-bond acceptors (Lipinski definition) is 6. The first-order valence-electron chi connectivity index (χ1n) is 11.5. The molecule has 3 amide bonds. The summed E-state index contributed by atoms with van der Waals surface area (Å²) in [5.41, 5.74) is 0.931. The van der Waals surface area contributed by atoms with Gasteiger partial charge in [-0.3, -0.25) is 14.4 Å². The third-order valence-corrected chi connectivity index (χ3v) is 5.95. The van der Waals surface area contributed by atoms with Gasteiger partial charge in [0.2, 0.25) is 18.1 Å². The summed E-state index contributed by atoms with van der Waals surface area (Å²) in [6.07, 6.45) is -1.29. The second kappa shape index (κ2) is 12.4. The van der Waals surface area contributed by atoms with Crippen molar-refractivity contribution in [1.82, 2.24) is 15.5 Å². The normalized spacial score (nSPS) is 20.4. The zero-order valence-electron chi connectivity index (χ0n) is 20.3. The molecule has 5 unspecified atom stereocenters. The van der Waals surface area contributed by atoms with Crippen LogP contribution in [0.3, 0.4) is 0 Å². The standard InChI is InChI=1S/C24H35N3O7/c1-6-15(4)20(26-24(31)32)21(29)25-19(14(2)3)22(30)27-13-33-23(34-16(5)28)18(27)12-17-10-8-7-9-11-17/h7-11,14-15,18-20,23,26H,6,12-13H2,1-5H3,(H,25,29)(H,31,32). The van der Waals surface area contributed by atoms with Gasteiger partial charge in [-0.15, -0.1) is 0 Å². The summed E-state index contributed by atoms with van der Waals surface area (Å²) >= 11 is 0. The molecule has 0 spiro atoms. The molecule has 10 heteroatoms. The molecular formula is C24H35N3O7. The summed E-state index contributed by atoms with van der Waals surface area (Å²) in [7, 11) is 0. The van der Waals surface area contributed by atoms with Crippen LogP contribution in [-0.2, 0) is 30.3 Å². The van der Waals surface area contributed by atoms with Gasteiger partial charge in [0.25, 0.3) is 0 Å². The Labute approximate surface area is 200 Å². The summed E-state index contributed by atoms with van der Waals surface area (Å²) in [5, 5.41) is 14.1. The van der Waals surface area contributed by atoms with Crippen molar-refractivity contribution in [3.63, 3.8) is 0 Å². The number of amides is 3. The molecule has 1 saturated heterocycles. The Bertz CT molecular complexity index is 861. The minimum atomic E-state index is -1.31. The molecule has 1 fully saturated rings. The number of benzene rings is 1. The summed E-state index contributed by atoms with van der Waals surface area (Å²) in [6.45, 7) is 8.37. The lowest BCUT2D eigenvalue weighted by atomic mass is 9.96. The third kappa shape index (κ3) is 7.18. The fraction of sp³-hybridized carbons (Fsp3) is 0.583. The minimum Gasteiger partial charge on any atom is -0.465 e. The summed E-state index contributed by atoms with van der Waals surface area (Å²) in [6, 6.07) is 6.93. The zero-order valence-corrected chi connectivity index (χ0v) is 20.3. The Morgan fingerprint density at radius 1 is 1.12 bits per heavy atom. The van der Waals surface area contributed by atoms with Gasteiger partial charge in [0.05, 0.1) is 0 Å². The number of nitrogens with zero attached hydrogens (tertiary/aromatic N) is 1. The highest BCUT2D eigenvalue weighted by atomic mass is 16.7. The second-order valence-corrected chi connectivity index (χ2v) is 8.88. The average Bonchev–Trinajstić information content (AvgIpc) is 3.16. The average molecular weight is 478 g/mol. The van der Waals surface area contributed by atoms with Crippen LogP contribution in [0.1, 0.15) is 46.6 Å². The van der Waals surface area contributed by atoms with Gasteiger partial charge in [-0.2, -0.15) is 0 Å². The van der Waals surface area contributed by atoms with Crippen molar-refractivity contribution in [3.8, 4) is 0 Å². The van der Waals surface area contributed by atoms with Crippen molar-refractivity contribution < 1.29 is 33.8 Å². The zero-order chi connectivity index (χ0) is 25.4. The SMILES string of the molecule is CCC(C)C(NC(=O)O)C(=O)NC(C(=O)N1COC(OC(C)=O)C1Cc1ccccc1)C(C)C. The minimum absolute atomic E-state index is 0.102. The van der Waals surface area contributed by atoms with Crippen LogP contribution in [0.15, 0.2) is 30.3 Å². The maximum atomic E-state index is 13.6. The van der Waals surface area contributed by atoms with Crippen LogP contribution in [0, 0.1) is 11.8 Å². The van der Waals surface area contributed by atoms with E-state index in [-0.39, 0.29) is 18.6 Å². The molecule has 2 rings (SSSR count). The van der Waals surface area contributed by atoms with Gasteiger partial charge < -0.3 is 30.1 Å². The van der Waals surface area contributed by atoms with E-state index in [1.165, 1.54) is 11.8 Å². The molecule has 0 bridgehead atoms. The van der Waals surface area contributed by atoms with Crippen LogP contribution in [0.5, 0.6) is 0 Å². The fourth-order valence-corrected chi connectivity index (χ4v) is 3.84. The van der Waals surface area contributed by atoms with Crippen LogP contribution in [0.25, 0.3) is 0 Å². The molecule has 1 aliphatic rings. The lowest BCUT2D eigenvalue weighted by molar-refractivity contribution is -0.169. The molecule has 0 aromatic heterocycles. The Kier molecular flexibility index (Phi) is 9.85. The molecule has 0 radical (unpaired) electrons. The maximum absolute atomic E-state index is 13.6. The van der Waals surface area contributed by atoms with E-state index < -0.39 is 48.3 Å². The lowest BCUT2D eigenvalue weighted by Crippen LogP contribution is -2.58. The molecule has 1 aromatic rings. The van der Waals surface area contributed by atoms with Crippen molar-refractivity contribution in [2.45, 2.75) is 71.9 Å². The lowest BCUT2D eigenvalue weighted by Gasteiger charge is -2.32. The van der Waals surface area contributed by atoms with E-state index >= 15 is 0 Å². The van der Waals surface area contributed by atoms with Crippen molar-refractivity contribution in [1.29, 1.82) is 0 Å². The van der Waals surface area contributed by atoms with Gasteiger partial charge in [0, 0.05) is 6.92 Å². The van der Waals surface area contributed by atoms with Gasteiger partial charge in [0.15, 0.2) is 0 Å². The maximum Gasteiger partial charge on any atom is 0.405 e. The predicted molar refractivity (Wildman–Crippen MR) is 123 cm³/mol. The molecule has 5 atom stereocenters. The molecule has 34 heavy (non-hydrogen) atoms. The monoisotopic (exact) mass is 477 g/mol. The Morgan fingerprint density at radius 3 is 2.29 bits per heavy atom. The van der Waals surface area contributed by atoms with Crippen molar-refractivity contribution in [2.24, 2.45) is 11.8 Å². The van der Waals surface area contributed by atoms with E-state index in [1.54, 1.807) is 20.8 Å². The van der Waals surface area contributed by atoms with E-state index in [9.17, 15) is 19.2 Å². The number of rotatable bonds is 10. The first-order chi connectivity index (χ1) is 16.0. The van der Waals surface area contributed by atoms with Crippen molar-refractivity contribution in [2.75, 3.05) is 6.73 Å². The molecule has 0 aliphatic carbocycles. The highest BCUT2D eigenvalue weighted by Crippen LogP contribution is 2.25. The quantitative estimate of drug-likeness (QED) is 0.440. The highest BCUT2D eigenvalue weighted by Gasteiger charge is 2.43. The molecule has 0 saturated carbocycles. The molecule has 188 valence electrons. The van der Waals surface area contributed by atoms with Gasteiger partial charge in [-0.05, 0) is 23.8 Å². The number of carboxylic acid groups (broad SMARTS) is 1. The van der Waals surface area contributed by atoms with Crippen molar-refractivity contribution >= 4 is 23.9 Å². The van der Waals surface area contributed by atoms with Gasteiger partial charge in [-0.25, -0.2) is 4.79 Å². The third-order valence-electron chi connectivity index (χ3n) is 5.95. The number of carbonyl (C=O) groups is 4. The fourth-order valence-electron chi connectivity index (χ4n) is 3.84. The Balaban J connectivity index is 2.26. The van der Waals surface area contributed by atoms with Crippen LogP contribution >= 0.6 is 0 Å². The second-order valence-electron chi connectivity index (χ2n) is 8.88.